The number of amides is 1. The lowest BCUT2D eigenvalue weighted by Crippen LogP contribution is -2.31. The lowest BCUT2D eigenvalue weighted by Gasteiger charge is -2.09. The van der Waals surface area contributed by atoms with E-state index < -0.39 is 24.6 Å². The second-order valence-corrected chi connectivity index (χ2v) is 3.13. The summed E-state index contributed by atoms with van der Waals surface area (Å²) in [5, 5.41) is 19.9. The summed E-state index contributed by atoms with van der Waals surface area (Å²) in [6.07, 6.45) is -0.247. The van der Waals surface area contributed by atoms with Crippen molar-refractivity contribution < 1.29 is 29.3 Å². The first-order valence-electron chi connectivity index (χ1n) is 4.79. The summed E-state index contributed by atoms with van der Waals surface area (Å²) in [6, 6.07) is 0. The molecule has 7 nitrogen and oxygen atoms in total. The number of carbonyl (C=O) groups is 2. The van der Waals surface area contributed by atoms with Crippen LogP contribution in [-0.2, 0) is 19.1 Å². The maximum absolute atomic E-state index is 11.0. The molecule has 0 aromatic rings. The van der Waals surface area contributed by atoms with Crippen LogP contribution in [0.15, 0.2) is 0 Å². The van der Waals surface area contributed by atoms with Crippen molar-refractivity contribution in [2.75, 3.05) is 33.5 Å². The number of aliphatic carboxylic acids is 1. The summed E-state index contributed by atoms with van der Waals surface area (Å²) in [7, 11) is 1.47. The van der Waals surface area contributed by atoms with Crippen molar-refractivity contribution in [3.8, 4) is 0 Å². The molecular weight excluding hydrogens is 218 g/mol. The van der Waals surface area contributed by atoms with Crippen molar-refractivity contribution in [1.29, 1.82) is 0 Å². The van der Waals surface area contributed by atoms with Crippen LogP contribution in [0.4, 0.5) is 0 Å². The number of hydrogen-bond donors (Lipinski definition) is 3. The largest absolute Gasteiger partial charge is 0.480 e. The van der Waals surface area contributed by atoms with E-state index in [0.29, 0.717) is 13.0 Å². The average molecular weight is 235 g/mol. The molecule has 3 N–H and O–H groups in total. The molecule has 16 heavy (non-hydrogen) atoms. The molecule has 7 heteroatoms. The average Bonchev–Trinajstić information content (AvgIpc) is 2.17. The molecular formula is C9H17NO6. The third kappa shape index (κ3) is 9.38. The monoisotopic (exact) mass is 235 g/mol. The highest BCUT2D eigenvalue weighted by atomic mass is 16.5. The number of methoxy groups -OCH3 is 1. The van der Waals surface area contributed by atoms with Crippen molar-refractivity contribution in [2.45, 2.75) is 12.5 Å². The number of carbonyl (C=O) groups excluding carboxylic acids is 1. The molecule has 0 rings (SSSR count). The van der Waals surface area contributed by atoms with Crippen LogP contribution < -0.4 is 5.32 Å². The molecule has 0 saturated carbocycles. The molecule has 0 aromatic carbocycles. The first-order chi connectivity index (χ1) is 7.56. The smallest absolute Gasteiger partial charge is 0.329 e. The van der Waals surface area contributed by atoms with Gasteiger partial charge >= 0.3 is 5.97 Å². The minimum Gasteiger partial charge on any atom is -0.480 e. The summed E-state index contributed by atoms with van der Waals surface area (Å²) in [5.41, 5.74) is 0. The number of rotatable bonds is 9. The molecule has 1 atom stereocenters. The number of nitrogens with one attached hydrogen (secondary N) is 1. The molecule has 0 aliphatic carbocycles. The van der Waals surface area contributed by atoms with Gasteiger partial charge in [0.25, 0.3) is 0 Å². The quantitative estimate of drug-likeness (QED) is 0.454. The first kappa shape index (κ1) is 14.8. The maximum Gasteiger partial charge on any atom is 0.329 e. The molecule has 0 saturated heterocycles. The van der Waals surface area contributed by atoms with E-state index in [4.69, 9.17) is 9.84 Å². The fraction of sp³-hybridized carbons (Fsp3) is 0.778. The number of hydrogen-bond acceptors (Lipinski definition) is 5. The molecule has 0 spiro atoms. The van der Waals surface area contributed by atoms with Crippen LogP contribution in [0.3, 0.4) is 0 Å². The fourth-order valence-corrected chi connectivity index (χ4v) is 0.936. The minimum atomic E-state index is -1.12. The molecule has 94 valence electrons. The van der Waals surface area contributed by atoms with Crippen LogP contribution in [0.2, 0.25) is 0 Å². The number of aliphatic hydroxyl groups is 1. The van der Waals surface area contributed by atoms with Gasteiger partial charge in [0.15, 0.2) is 0 Å². The molecule has 0 aliphatic heterocycles. The van der Waals surface area contributed by atoms with Gasteiger partial charge in [-0.05, 0) is 6.42 Å². The van der Waals surface area contributed by atoms with Gasteiger partial charge in [-0.25, -0.2) is 4.79 Å². The highest BCUT2D eigenvalue weighted by Crippen LogP contribution is 1.89. The maximum atomic E-state index is 11.0. The minimum absolute atomic E-state index is 0.214. The number of aliphatic hydroxyl groups excluding tert-OH is 1. The Bertz CT molecular complexity index is 220. The normalized spacial score (nSPS) is 12.1. The lowest BCUT2D eigenvalue weighted by atomic mass is 10.2. The van der Waals surface area contributed by atoms with Crippen LogP contribution in [0.1, 0.15) is 6.42 Å². The molecule has 0 radical (unpaired) electrons. The van der Waals surface area contributed by atoms with Crippen molar-refractivity contribution in [1.82, 2.24) is 5.32 Å². The van der Waals surface area contributed by atoms with E-state index in [2.05, 4.69) is 10.1 Å². The van der Waals surface area contributed by atoms with Gasteiger partial charge in [-0.1, -0.05) is 0 Å². The van der Waals surface area contributed by atoms with Gasteiger partial charge in [-0.3, -0.25) is 4.79 Å². The van der Waals surface area contributed by atoms with Crippen molar-refractivity contribution in [3.05, 3.63) is 0 Å². The molecule has 0 aromatic heterocycles. The summed E-state index contributed by atoms with van der Waals surface area (Å²) >= 11 is 0. The lowest BCUT2D eigenvalue weighted by molar-refractivity contribution is -0.143. The van der Waals surface area contributed by atoms with E-state index in [1.54, 1.807) is 0 Å². The Labute approximate surface area is 93.3 Å². The Morgan fingerprint density at radius 3 is 2.62 bits per heavy atom. The Hall–Kier alpha value is -1.18. The number of carboxylic acids is 1. The summed E-state index contributed by atoms with van der Waals surface area (Å²) in [4.78, 5) is 21.1. The highest BCUT2D eigenvalue weighted by molar-refractivity contribution is 5.77. The zero-order valence-electron chi connectivity index (χ0n) is 9.14. The topological polar surface area (TPSA) is 105 Å². The molecule has 0 aliphatic rings. The molecule has 0 fully saturated rings. The van der Waals surface area contributed by atoms with Crippen LogP contribution >= 0.6 is 0 Å². The number of ether oxygens (including phenoxy) is 2. The van der Waals surface area contributed by atoms with E-state index in [-0.39, 0.29) is 13.2 Å². The van der Waals surface area contributed by atoms with E-state index in [1.165, 1.54) is 7.11 Å². The standard InChI is InChI=1S/C9H17NO6/c1-15-4-7(11)2-3-10-8(12)5-16-6-9(13)14/h7,11H,2-6H2,1H3,(H,10,12)(H,13,14). The third-order valence-corrected chi connectivity index (χ3v) is 1.62. The van der Waals surface area contributed by atoms with Crippen molar-refractivity contribution in [2.24, 2.45) is 0 Å². The van der Waals surface area contributed by atoms with Gasteiger partial charge in [-0.15, -0.1) is 0 Å². The third-order valence-electron chi connectivity index (χ3n) is 1.62. The first-order valence-corrected chi connectivity index (χ1v) is 4.79. The second kappa shape index (κ2) is 9.08. The van der Waals surface area contributed by atoms with Crippen LogP contribution in [0.25, 0.3) is 0 Å². The summed E-state index contributed by atoms with van der Waals surface area (Å²) in [5.74, 6) is -1.53. The van der Waals surface area contributed by atoms with E-state index >= 15 is 0 Å². The van der Waals surface area contributed by atoms with Crippen LogP contribution in [0.5, 0.6) is 0 Å². The van der Waals surface area contributed by atoms with Crippen LogP contribution in [0, 0.1) is 0 Å². The summed E-state index contributed by atoms with van der Waals surface area (Å²) < 4.78 is 9.26. The van der Waals surface area contributed by atoms with Crippen LogP contribution in [-0.4, -0.2) is 61.7 Å². The van der Waals surface area contributed by atoms with Gasteiger partial charge in [-0.2, -0.15) is 0 Å². The number of carboxylic acid groups (broad SMARTS) is 1. The Kier molecular flexibility index (Phi) is 8.41. The SMILES string of the molecule is COCC(O)CCNC(=O)COCC(=O)O. The van der Waals surface area contributed by atoms with E-state index in [0.717, 1.165) is 0 Å². The Balaban J connectivity index is 3.40. The van der Waals surface area contributed by atoms with E-state index in [9.17, 15) is 14.7 Å². The van der Waals surface area contributed by atoms with Gasteiger partial charge < -0.3 is 25.0 Å². The van der Waals surface area contributed by atoms with Crippen molar-refractivity contribution in [3.63, 3.8) is 0 Å². The second-order valence-electron chi connectivity index (χ2n) is 3.13. The summed E-state index contributed by atoms with van der Waals surface area (Å²) in [6.45, 7) is -0.294. The van der Waals surface area contributed by atoms with Gasteiger partial charge in [0.05, 0.1) is 12.7 Å². The Morgan fingerprint density at radius 1 is 1.38 bits per heavy atom. The molecule has 0 bridgehead atoms. The van der Waals surface area contributed by atoms with Gasteiger partial charge in [0.2, 0.25) is 5.91 Å². The fourth-order valence-electron chi connectivity index (χ4n) is 0.936. The predicted molar refractivity (Wildman–Crippen MR) is 54.0 cm³/mol. The van der Waals surface area contributed by atoms with Gasteiger partial charge in [0, 0.05) is 13.7 Å². The van der Waals surface area contributed by atoms with Gasteiger partial charge in [0.1, 0.15) is 13.2 Å². The molecule has 1 unspecified atom stereocenters. The zero-order chi connectivity index (χ0) is 12.4. The Morgan fingerprint density at radius 2 is 2.06 bits per heavy atom. The molecule has 0 heterocycles. The highest BCUT2D eigenvalue weighted by Gasteiger charge is 2.06. The van der Waals surface area contributed by atoms with E-state index in [1.807, 2.05) is 0 Å². The predicted octanol–water partition coefficient (Wildman–Crippen LogP) is -1.40. The van der Waals surface area contributed by atoms with Crippen molar-refractivity contribution >= 4 is 11.9 Å². The zero-order valence-corrected chi connectivity index (χ0v) is 9.14. The molecule has 1 amide bonds.